The van der Waals surface area contributed by atoms with E-state index in [1.807, 2.05) is 18.3 Å². The molecule has 2 atom stereocenters. The van der Waals surface area contributed by atoms with Crippen LogP contribution in [-0.2, 0) is 16.6 Å². The molecule has 0 bridgehead atoms. The average Bonchev–Trinajstić information content (AvgIpc) is 2.68. The van der Waals surface area contributed by atoms with Crippen LogP contribution >= 0.6 is 0 Å². The first-order valence-electron chi connectivity index (χ1n) is 9.41. The Balaban J connectivity index is 1.56. The van der Waals surface area contributed by atoms with E-state index in [9.17, 15) is 4.79 Å². The number of carbonyl (C=O) groups excluding carboxylic acids is 1. The van der Waals surface area contributed by atoms with Gasteiger partial charge in [0.15, 0.2) is 0 Å². The molecule has 0 radical (unpaired) electrons. The molecule has 2 aromatic carbocycles. The average molecular weight is 342 g/mol. The van der Waals surface area contributed by atoms with E-state index in [4.69, 9.17) is 0 Å². The summed E-state index contributed by atoms with van der Waals surface area (Å²) in [6, 6.07) is 17.6. The smallest absolute Gasteiger partial charge is 0.220 e. The van der Waals surface area contributed by atoms with E-state index < -0.39 is 0 Å². The first-order valence-corrected chi connectivity index (χ1v) is 9.41. The minimum absolute atomic E-state index is 0.0572. The number of pyridine rings is 1. The number of benzene rings is 2. The lowest BCUT2D eigenvalue weighted by Crippen LogP contribution is -2.55. The molecule has 2 aliphatic rings. The molecule has 1 N–H and O–H groups in total. The van der Waals surface area contributed by atoms with Crippen molar-refractivity contribution in [2.75, 3.05) is 0 Å². The van der Waals surface area contributed by atoms with Crippen LogP contribution in [0.5, 0.6) is 0 Å². The summed E-state index contributed by atoms with van der Waals surface area (Å²) in [6.45, 7) is 2.31. The van der Waals surface area contributed by atoms with Crippen LogP contribution in [-0.4, -0.2) is 16.9 Å². The Morgan fingerprint density at radius 3 is 2.88 bits per heavy atom. The lowest BCUT2D eigenvalue weighted by molar-refractivity contribution is -0.125. The summed E-state index contributed by atoms with van der Waals surface area (Å²) in [5.41, 5.74) is 6.31. The van der Waals surface area contributed by atoms with Crippen LogP contribution in [0, 0.1) is 0 Å². The zero-order valence-electron chi connectivity index (χ0n) is 15.0. The zero-order valence-corrected chi connectivity index (χ0v) is 15.0. The molecule has 1 aliphatic carbocycles. The van der Waals surface area contributed by atoms with Crippen molar-refractivity contribution in [2.24, 2.45) is 0 Å². The van der Waals surface area contributed by atoms with Gasteiger partial charge in [-0.25, -0.2) is 0 Å². The standard InChI is InChI=1S/C23H22N2O/c1-23-11-10-22(26)25-21(23)9-7-16-12-15(6-8-19(16)23)18-13-17-4-2-3-5-20(17)24-14-18/h2-6,8,12-14,21H,7,9-11H2,1H3,(H,25,26). The van der Waals surface area contributed by atoms with Crippen molar-refractivity contribution >= 4 is 16.8 Å². The van der Waals surface area contributed by atoms with Crippen molar-refractivity contribution < 1.29 is 4.79 Å². The van der Waals surface area contributed by atoms with Crippen molar-refractivity contribution in [1.29, 1.82) is 0 Å². The quantitative estimate of drug-likeness (QED) is 0.713. The fraction of sp³-hybridized carbons (Fsp3) is 0.304. The molecule has 130 valence electrons. The van der Waals surface area contributed by atoms with Crippen LogP contribution in [0.4, 0.5) is 0 Å². The summed E-state index contributed by atoms with van der Waals surface area (Å²) < 4.78 is 0. The Labute approximate surface area is 153 Å². The summed E-state index contributed by atoms with van der Waals surface area (Å²) >= 11 is 0. The molecule has 1 fully saturated rings. The van der Waals surface area contributed by atoms with Gasteiger partial charge in [0.1, 0.15) is 0 Å². The van der Waals surface area contributed by atoms with Gasteiger partial charge in [-0.1, -0.05) is 43.3 Å². The van der Waals surface area contributed by atoms with E-state index >= 15 is 0 Å². The molecule has 2 unspecified atom stereocenters. The number of amides is 1. The van der Waals surface area contributed by atoms with Gasteiger partial charge in [-0.05, 0) is 48.1 Å². The fourth-order valence-corrected chi connectivity index (χ4v) is 4.75. The van der Waals surface area contributed by atoms with Crippen LogP contribution in [0.2, 0.25) is 0 Å². The van der Waals surface area contributed by atoms with Gasteiger partial charge in [-0.3, -0.25) is 9.78 Å². The molecule has 5 rings (SSSR count). The lowest BCUT2D eigenvalue weighted by Gasteiger charge is -2.46. The molecular weight excluding hydrogens is 320 g/mol. The first-order chi connectivity index (χ1) is 12.6. The van der Waals surface area contributed by atoms with Crippen molar-refractivity contribution in [3.8, 4) is 11.1 Å². The molecule has 3 heteroatoms. The number of aromatic nitrogens is 1. The molecule has 1 saturated heterocycles. The molecule has 0 spiro atoms. The van der Waals surface area contributed by atoms with Crippen LogP contribution in [0.3, 0.4) is 0 Å². The van der Waals surface area contributed by atoms with E-state index in [1.165, 1.54) is 22.1 Å². The van der Waals surface area contributed by atoms with Gasteiger partial charge in [0, 0.05) is 35.0 Å². The molecule has 3 aromatic rings. The monoisotopic (exact) mass is 342 g/mol. The Hall–Kier alpha value is -2.68. The molecule has 1 aromatic heterocycles. The normalized spacial score (nSPS) is 24.7. The van der Waals surface area contributed by atoms with Crippen LogP contribution < -0.4 is 5.32 Å². The second kappa shape index (κ2) is 5.66. The number of nitrogens with one attached hydrogen (secondary N) is 1. The van der Waals surface area contributed by atoms with Crippen LogP contribution in [0.1, 0.15) is 37.3 Å². The van der Waals surface area contributed by atoms with Gasteiger partial charge in [-0.15, -0.1) is 0 Å². The van der Waals surface area contributed by atoms with Gasteiger partial charge in [0.25, 0.3) is 0 Å². The van der Waals surface area contributed by atoms with Gasteiger partial charge in [-0.2, -0.15) is 0 Å². The number of para-hydroxylation sites is 1. The highest BCUT2D eigenvalue weighted by Crippen LogP contribution is 2.43. The number of fused-ring (bicyclic) bond motifs is 4. The fourth-order valence-electron chi connectivity index (χ4n) is 4.75. The van der Waals surface area contributed by atoms with E-state index in [0.29, 0.717) is 6.42 Å². The second-order valence-electron chi connectivity index (χ2n) is 7.86. The number of hydrogen-bond acceptors (Lipinski definition) is 2. The second-order valence-corrected chi connectivity index (χ2v) is 7.86. The number of nitrogens with zero attached hydrogens (tertiary/aromatic N) is 1. The SMILES string of the molecule is CC12CCC(=O)NC1CCc1cc(-c3cnc4ccccc4c3)ccc12. The summed E-state index contributed by atoms with van der Waals surface area (Å²) in [4.78, 5) is 16.4. The maximum atomic E-state index is 11.8. The Morgan fingerprint density at radius 2 is 1.96 bits per heavy atom. The van der Waals surface area contributed by atoms with Gasteiger partial charge >= 0.3 is 0 Å². The van der Waals surface area contributed by atoms with Crippen molar-refractivity contribution in [3.63, 3.8) is 0 Å². The number of rotatable bonds is 1. The zero-order chi connectivity index (χ0) is 17.7. The van der Waals surface area contributed by atoms with Crippen molar-refractivity contribution in [1.82, 2.24) is 10.3 Å². The van der Waals surface area contributed by atoms with E-state index in [-0.39, 0.29) is 17.4 Å². The maximum absolute atomic E-state index is 11.8. The molecule has 26 heavy (non-hydrogen) atoms. The minimum atomic E-state index is 0.0572. The summed E-state index contributed by atoms with van der Waals surface area (Å²) in [7, 11) is 0. The third-order valence-corrected chi connectivity index (χ3v) is 6.32. The molecule has 1 aliphatic heterocycles. The van der Waals surface area contributed by atoms with Gasteiger partial charge in [0.2, 0.25) is 5.91 Å². The first kappa shape index (κ1) is 15.6. The summed E-state index contributed by atoms with van der Waals surface area (Å²) in [6.07, 6.45) is 5.58. The van der Waals surface area contributed by atoms with Crippen LogP contribution in [0.25, 0.3) is 22.0 Å². The highest BCUT2D eigenvalue weighted by molar-refractivity contribution is 5.83. The highest BCUT2D eigenvalue weighted by atomic mass is 16.1. The Morgan fingerprint density at radius 1 is 1.08 bits per heavy atom. The molecule has 2 heterocycles. The number of hydrogen-bond donors (Lipinski definition) is 1. The van der Waals surface area contributed by atoms with Gasteiger partial charge < -0.3 is 5.32 Å². The Bertz CT molecular complexity index is 1030. The van der Waals surface area contributed by atoms with Gasteiger partial charge in [0.05, 0.1) is 5.52 Å². The largest absolute Gasteiger partial charge is 0.352 e. The van der Waals surface area contributed by atoms with Crippen molar-refractivity contribution in [2.45, 2.75) is 44.1 Å². The predicted octanol–water partition coefficient (Wildman–Crippen LogP) is 4.38. The highest BCUT2D eigenvalue weighted by Gasteiger charge is 2.43. The summed E-state index contributed by atoms with van der Waals surface area (Å²) in [5, 5.41) is 4.39. The third-order valence-electron chi connectivity index (χ3n) is 6.32. The van der Waals surface area contributed by atoms with E-state index in [1.54, 1.807) is 0 Å². The van der Waals surface area contributed by atoms with E-state index in [0.717, 1.165) is 30.3 Å². The number of carbonyl (C=O) groups is 1. The lowest BCUT2D eigenvalue weighted by atomic mass is 9.64. The molecule has 0 saturated carbocycles. The summed E-state index contributed by atoms with van der Waals surface area (Å²) in [5.74, 6) is 0.204. The molecular formula is C23H22N2O. The maximum Gasteiger partial charge on any atom is 0.220 e. The minimum Gasteiger partial charge on any atom is -0.352 e. The van der Waals surface area contributed by atoms with Crippen LogP contribution in [0.15, 0.2) is 54.7 Å². The molecule has 1 amide bonds. The van der Waals surface area contributed by atoms with Crippen molar-refractivity contribution in [3.05, 3.63) is 65.9 Å². The number of aryl methyl sites for hydroxylation is 1. The predicted molar refractivity (Wildman–Crippen MR) is 104 cm³/mol. The Kier molecular flexibility index (Phi) is 3.39. The third kappa shape index (κ3) is 2.34. The topological polar surface area (TPSA) is 42.0 Å². The van der Waals surface area contributed by atoms with E-state index in [2.05, 4.69) is 53.6 Å². The molecule has 3 nitrogen and oxygen atoms in total. The number of piperidine rings is 1.